The van der Waals surface area contributed by atoms with Gasteiger partial charge in [-0.25, -0.2) is 0 Å². The lowest BCUT2D eigenvalue weighted by Gasteiger charge is -2.51. The second kappa shape index (κ2) is 6.63. The fourth-order valence-corrected chi connectivity index (χ4v) is 4.03. The third-order valence-corrected chi connectivity index (χ3v) is 10.3. The molecule has 0 aromatic carbocycles. The highest BCUT2D eigenvalue weighted by molar-refractivity contribution is 6.74. The molecule has 0 spiro atoms. The Labute approximate surface area is 151 Å². The maximum absolute atomic E-state index is 10.9. The molecule has 2 rings (SSSR count). The van der Waals surface area contributed by atoms with E-state index in [1.807, 2.05) is 0 Å². The van der Waals surface area contributed by atoms with Crippen LogP contribution in [0.1, 0.15) is 46.3 Å². The van der Waals surface area contributed by atoms with Gasteiger partial charge in [-0.05, 0) is 38.0 Å². The lowest BCUT2D eigenvalue weighted by atomic mass is 9.82. The fourth-order valence-electron chi connectivity index (χ4n) is 2.74. The number of aliphatic hydroxyl groups is 2. The molecule has 142 valence electrons. The van der Waals surface area contributed by atoms with Crippen LogP contribution in [-0.2, 0) is 9.16 Å². The van der Waals surface area contributed by atoms with Crippen molar-refractivity contribution in [2.24, 2.45) is 0 Å². The minimum Gasteiger partial charge on any atom is -0.408 e. The Morgan fingerprint density at radius 3 is 2.48 bits per heavy atom. The molecule has 25 heavy (non-hydrogen) atoms. The number of nitrogens with two attached hydrogens (primary N) is 1. The molecule has 1 aliphatic heterocycles. The molecule has 0 radical (unpaired) electrons. The van der Waals surface area contributed by atoms with Crippen LogP contribution in [0.25, 0.3) is 0 Å². The Morgan fingerprint density at radius 1 is 1.36 bits per heavy atom. The van der Waals surface area contributed by atoms with Crippen molar-refractivity contribution >= 4 is 14.0 Å². The van der Waals surface area contributed by atoms with Crippen molar-refractivity contribution in [3.05, 3.63) is 24.0 Å². The van der Waals surface area contributed by atoms with Gasteiger partial charge in [0.2, 0.25) is 0 Å². The van der Waals surface area contributed by atoms with Gasteiger partial charge in [-0.2, -0.15) is 0 Å². The standard InChI is InChI=1S/C18H32N2O4Si/c1-11-18(5,22)16(21)15(24-25(6,7)17(2,3)4)14(23-11)12-8-9-20-10-13(12)19/h8-11,14-16,21-22H,19H2,1-7H3. The predicted octanol–water partition coefficient (Wildman–Crippen LogP) is 2.63. The molecule has 1 aliphatic rings. The van der Waals surface area contributed by atoms with E-state index < -0.39 is 38.3 Å². The molecule has 0 amide bonds. The van der Waals surface area contributed by atoms with Gasteiger partial charge in [-0.15, -0.1) is 0 Å². The number of pyridine rings is 1. The number of nitrogen functional groups attached to an aromatic ring is 1. The predicted molar refractivity (Wildman–Crippen MR) is 101 cm³/mol. The minimum atomic E-state index is -2.22. The van der Waals surface area contributed by atoms with Gasteiger partial charge in [0, 0.05) is 11.8 Å². The van der Waals surface area contributed by atoms with Crippen LogP contribution < -0.4 is 5.73 Å². The second-order valence-corrected chi connectivity index (χ2v) is 13.5. The summed E-state index contributed by atoms with van der Waals surface area (Å²) in [4.78, 5) is 4.02. The Morgan fingerprint density at radius 2 is 1.96 bits per heavy atom. The van der Waals surface area contributed by atoms with Gasteiger partial charge in [-0.1, -0.05) is 20.8 Å². The second-order valence-electron chi connectivity index (χ2n) is 8.72. The third kappa shape index (κ3) is 3.75. The van der Waals surface area contributed by atoms with E-state index in [-0.39, 0.29) is 5.04 Å². The maximum Gasteiger partial charge on any atom is 0.192 e. The Hall–Kier alpha value is -0.993. The quantitative estimate of drug-likeness (QED) is 0.710. The number of hydrogen-bond donors (Lipinski definition) is 3. The van der Waals surface area contributed by atoms with Gasteiger partial charge in [0.05, 0.1) is 18.0 Å². The van der Waals surface area contributed by atoms with Crippen LogP contribution in [0, 0.1) is 0 Å². The smallest absolute Gasteiger partial charge is 0.192 e. The first kappa shape index (κ1) is 20.3. The average Bonchev–Trinajstić information content (AvgIpc) is 2.48. The number of hydrogen-bond acceptors (Lipinski definition) is 6. The van der Waals surface area contributed by atoms with Crippen LogP contribution in [0.15, 0.2) is 18.5 Å². The summed E-state index contributed by atoms with van der Waals surface area (Å²) in [6.45, 7) is 13.9. The van der Waals surface area contributed by atoms with Crippen molar-refractivity contribution in [2.45, 2.75) is 82.8 Å². The summed E-state index contributed by atoms with van der Waals surface area (Å²) >= 11 is 0. The molecule has 0 bridgehead atoms. The van der Waals surface area contributed by atoms with Crippen LogP contribution >= 0.6 is 0 Å². The lowest BCUT2D eigenvalue weighted by molar-refractivity contribution is -0.257. The average molecular weight is 369 g/mol. The summed E-state index contributed by atoms with van der Waals surface area (Å²) < 4.78 is 12.6. The zero-order valence-electron chi connectivity index (χ0n) is 16.3. The van der Waals surface area contributed by atoms with Gasteiger partial charge in [0.15, 0.2) is 8.32 Å². The van der Waals surface area contributed by atoms with Crippen LogP contribution in [0.2, 0.25) is 18.1 Å². The SMILES string of the molecule is CC1OC(c2ccncc2N)C(O[Si](C)(C)C(C)(C)C)C(O)C1(C)O. The summed E-state index contributed by atoms with van der Waals surface area (Å²) in [5.74, 6) is 0. The summed E-state index contributed by atoms with van der Waals surface area (Å²) in [5, 5.41) is 21.6. The zero-order chi connectivity index (χ0) is 19.2. The summed E-state index contributed by atoms with van der Waals surface area (Å²) in [7, 11) is -2.22. The van der Waals surface area contributed by atoms with E-state index >= 15 is 0 Å². The third-order valence-electron chi connectivity index (χ3n) is 5.81. The summed E-state index contributed by atoms with van der Waals surface area (Å²) in [6.07, 6.45) is 0.259. The molecular weight excluding hydrogens is 336 g/mol. The fraction of sp³-hybridized carbons (Fsp3) is 0.722. The molecule has 5 unspecified atom stereocenters. The molecule has 6 nitrogen and oxygen atoms in total. The van der Waals surface area contributed by atoms with Crippen molar-refractivity contribution in [3.8, 4) is 0 Å². The topological polar surface area (TPSA) is 97.8 Å². The number of nitrogens with zero attached hydrogens (tertiary/aromatic N) is 1. The van der Waals surface area contributed by atoms with Gasteiger partial charge in [0.25, 0.3) is 0 Å². The molecule has 0 saturated carbocycles. The number of anilines is 1. The minimum absolute atomic E-state index is 0.0457. The van der Waals surface area contributed by atoms with E-state index in [4.69, 9.17) is 14.9 Å². The first-order valence-corrected chi connectivity index (χ1v) is 11.6. The normalized spacial score (nSPS) is 34.1. The van der Waals surface area contributed by atoms with Crippen molar-refractivity contribution in [3.63, 3.8) is 0 Å². The molecule has 1 fully saturated rings. The molecule has 1 aromatic heterocycles. The van der Waals surface area contributed by atoms with Crippen molar-refractivity contribution in [2.75, 3.05) is 5.73 Å². The molecule has 0 aliphatic carbocycles. The van der Waals surface area contributed by atoms with Gasteiger partial charge >= 0.3 is 0 Å². The number of rotatable bonds is 3. The molecule has 4 N–H and O–H groups in total. The summed E-state index contributed by atoms with van der Waals surface area (Å²) in [5.41, 5.74) is 5.89. The molecule has 7 heteroatoms. The zero-order valence-corrected chi connectivity index (χ0v) is 17.3. The first-order chi connectivity index (χ1) is 11.3. The van der Waals surface area contributed by atoms with Gasteiger partial charge < -0.3 is 25.1 Å². The highest BCUT2D eigenvalue weighted by Gasteiger charge is 2.54. The van der Waals surface area contributed by atoms with Crippen molar-refractivity contribution in [1.29, 1.82) is 0 Å². The van der Waals surface area contributed by atoms with Crippen LogP contribution in [-0.4, -0.2) is 47.4 Å². The van der Waals surface area contributed by atoms with Crippen molar-refractivity contribution < 1.29 is 19.4 Å². The Balaban J connectivity index is 2.47. The highest BCUT2D eigenvalue weighted by atomic mass is 28.4. The molecule has 1 aromatic rings. The molecule has 1 saturated heterocycles. The van der Waals surface area contributed by atoms with Gasteiger partial charge in [0.1, 0.15) is 23.9 Å². The summed E-state index contributed by atoms with van der Waals surface area (Å²) in [6, 6.07) is 1.78. The Kier molecular flexibility index (Phi) is 5.39. The highest BCUT2D eigenvalue weighted by Crippen LogP contribution is 2.45. The number of ether oxygens (including phenoxy) is 1. The molecule has 2 heterocycles. The van der Waals surface area contributed by atoms with E-state index in [9.17, 15) is 10.2 Å². The number of aromatic nitrogens is 1. The van der Waals surface area contributed by atoms with Crippen molar-refractivity contribution in [1.82, 2.24) is 4.98 Å². The van der Waals surface area contributed by atoms with E-state index in [2.05, 4.69) is 38.8 Å². The van der Waals surface area contributed by atoms with Crippen LogP contribution in [0.5, 0.6) is 0 Å². The van der Waals surface area contributed by atoms with E-state index in [0.717, 1.165) is 5.56 Å². The maximum atomic E-state index is 10.9. The monoisotopic (exact) mass is 368 g/mol. The Bertz CT molecular complexity index is 615. The van der Waals surface area contributed by atoms with Gasteiger partial charge in [-0.3, -0.25) is 4.98 Å². The van der Waals surface area contributed by atoms with E-state index in [1.54, 1.807) is 32.3 Å². The van der Waals surface area contributed by atoms with Crippen LogP contribution in [0.3, 0.4) is 0 Å². The number of aliphatic hydroxyl groups excluding tert-OH is 1. The van der Waals surface area contributed by atoms with E-state index in [1.165, 1.54) is 0 Å². The lowest BCUT2D eigenvalue weighted by Crippen LogP contribution is -2.64. The molecular formula is C18H32N2O4Si. The van der Waals surface area contributed by atoms with E-state index in [0.29, 0.717) is 5.69 Å². The first-order valence-electron chi connectivity index (χ1n) is 8.72. The van der Waals surface area contributed by atoms with Crippen LogP contribution in [0.4, 0.5) is 5.69 Å². The largest absolute Gasteiger partial charge is 0.408 e. The molecule has 5 atom stereocenters.